The van der Waals surface area contributed by atoms with Crippen molar-refractivity contribution < 1.29 is 61.2 Å². The Bertz CT molecular complexity index is 2540. The van der Waals surface area contributed by atoms with E-state index in [1.165, 1.54) is 19.1 Å². The number of nitrogens with zero attached hydrogens (tertiary/aromatic N) is 1. The third kappa shape index (κ3) is 18.9. The first-order chi connectivity index (χ1) is 32.4. The molecule has 20 heteroatoms. The van der Waals surface area contributed by atoms with Gasteiger partial charge in [-0.05, 0) is 102 Å². The highest BCUT2D eigenvalue weighted by Crippen LogP contribution is 2.37. The molecule has 5 rings (SSSR count). The molecular formula is C48H56N7O12P. The fourth-order valence-electron chi connectivity index (χ4n) is 6.16. The minimum Gasteiger partial charge on any atom is -0.756 e. The maximum absolute atomic E-state index is 12.9. The summed E-state index contributed by atoms with van der Waals surface area (Å²) in [5.41, 5.74) is 7.23. The van der Waals surface area contributed by atoms with Crippen LogP contribution >= 0.6 is 7.82 Å². The zero-order valence-corrected chi connectivity index (χ0v) is 39.3. The summed E-state index contributed by atoms with van der Waals surface area (Å²) in [5, 5.41) is 16.4. The van der Waals surface area contributed by atoms with Crippen LogP contribution in [0.3, 0.4) is 0 Å². The van der Waals surface area contributed by atoms with Gasteiger partial charge in [-0.2, -0.15) is 0 Å². The van der Waals surface area contributed by atoms with E-state index in [2.05, 4.69) is 31.9 Å². The average molecular weight is 954 g/mol. The molecule has 1 unspecified atom stereocenters. The lowest BCUT2D eigenvalue weighted by molar-refractivity contribution is -0.870. The van der Waals surface area contributed by atoms with Gasteiger partial charge in [0.2, 0.25) is 5.91 Å². The van der Waals surface area contributed by atoms with Crippen LogP contribution in [0, 0.1) is 0 Å². The molecule has 0 saturated carbocycles. The SMILES string of the molecule is CNc1cc(NC(=O)Nc2ccc(Cc3ccc(NC(=O)OCCOC(=O)Nc4ccc(Cc5ccc(NC(C)=O)cc5)cc4)cc3)cc2)cc(C(=O)OCCOP(=O)([O-])OCC[N+](C)(C)C)c1. The van der Waals surface area contributed by atoms with E-state index in [0.717, 1.165) is 27.9 Å². The number of urea groups is 1. The Hall–Kier alpha value is -7.28. The number of esters is 1. The molecule has 0 fully saturated rings. The molecule has 0 aliphatic heterocycles. The van der Waals surface area contributed by atoms with Gasteiger partial charge in [-0.3, -0.25) is 20.0 Å². The molecule has 0 heterocycles. The Balaban J connectivity index is 0.973. The molecule has 1 atom stereocenters. The number of anilines is 6. The Labute approximate surface area is 394 Å². The molecule has 5 amide bonds. The number of likely N-dealkylation sites (N-methyl/N-ethyl adjacent to an activating group) is 1. The van der Waals surface area contributed by atoms with Crippen LogP contribution in [0.1, 0.15) is 39.5 Å². The molecule has 0 aliphatic rings. The standard InChI is InChI=1S/C48H56N7O12P/c1-33(56)50-39-14-6-34(7-15-39)28-36-10-18-41(19-11-36)53-47(59)64-24-25-65-48(60)54-42-20-12-37(13-21-42)29-35-8-16-40(17-9-35)51-46(58)52-44-31-38(30-43(32-44)49-2)45(57)63-26-27-67-68(61,62)66-23-22-55(3,4)5/h6-21,30-32,49H,22-29H2,1-5H3,(H5-,50,51,52,53,54,56,58,59,60,61,62). The lowest BCUT2D eigenvalue weighted by atomic mass is 10.0. The number of ether oxygens (including phenoxy) is 3. The van der Waals surface area contributed by atoms with Crippen LogP contribution in [-0.2, 0) is 45.5 Å². The van der Waals surface area contributed by atoms with E-state index in [1.54, 1.807) is 49.5 Å². The second-order valence-electron chi connectivity index (χ2n) is 16.2. The molecule has 19 nitrogen and oxygen atoms in total. The normalized spacial score (nSPS) is 11.9. The van der Waals surface area contributed by atoms with E-state index in [4.69, 9.17) is 23.3 Å². The molecule has 0 bridgehead atoms. The van der Waals surface area contributed by atoms with Gasteiger partial charge < -0.3 is 53.9 Å². The monoisotopic (exact) mass is 953 g/mol. The number of quaternary nitrogens is 1. The molecule has 5 aromatic carbocycles. The molecule has 360 valence electrons. The second kappa shape index (κ2) is 25.0. The predicted octanol–water partition coefficient (Wildman–Crippen LogP) is 7.67. The number of hydrogen-bond acceptors (Lipinski definition) is 13. The number of carbonyl (C=O) groups is 5. The number of phosphoric ester groups is 1. The summed E-state index contributed by atoms with van der Waals surface area (Å²) in [4.78, 5) is 73.5. The molecule has 0 saturated heterocycles. The molecule has 0 aromatic heterocycles. The molecule has 0 aliphatic carbocycles. The van der Waals surface area contributed by atoms with Crippen molar-refractivity contribution in [2.45, 2.75) is 19.8 Å². The summed E-state index contributed by atoms with van der Waals surface area (Å²) in [6.45, 7) is 0.761. The fraction of sp³-hybridized carbons (Fsp3) is 0.271. The van der Waals surface area contributed by atoms with Gasteiger partial charge in [-0.1, -0.05) is 48.5 Å². The molecule has 5 aromatic rings. The summed E-state index contributed by atoms with van der Waals surface area (Å²) in [6.07, 6.45) is -0.159. The van der Waals surface area contributed by atoms with Crippen molar-refractivity contribution in [1.29, 1.82) is 0 Å². The Morgan fingerprint density at radius 3 is 1.35 bits per heavy atom. The highest BCUT2D eigenvalue weighted by atomic mass is 31.2. The number of hydrogen-bond donors (Lipinski definition) is 6. The van der Waals surface area contributed by atoms with Gasteiger partial charge in [0, 0.05) is 48.1 Å². The van der Waals surface area contributed by atoms with Crippen molar-refractivity contribution in [3.63, 3.8) is 0 Å². The first kappa shape index (κ1) is 51.7. The van der Waals surface area contributed by atoms with Gasteiger partial charge in [-0.15, -0.1) is 0 Å². The number of amides is 5. The quantitative estimate of drug-likeness (QED) is 0.0128. The van der Waals surface area contributed by atoms with Crippen LogP contribution in [0.2, 0.25) is 0 Å². The van der Waals surface area contributed by atoms with Crippen LogP contribution in [0.5, 0.6) is 0 Å². The third-order valence-electron chi connectivity index (χ3n) is 9.55. The summed E-state index contributed by atoms with van der Waals surface area (Å²) in [7, 11) is 2.75. The lowest BCUT2D eigenvalue weighted by Crippen LogP contribution is -2.37. The lowest BCUT2D eigenvalue weighted by Gasteiger charge is -2.27. The van der Waals surface area contributed by atoms with Crippen molar-refractivity contribution >= 4 is 72.0 Å². The molecular weight excluding hydrogens is 898 g/mol. The fourth-order valence-corrected chi connectivity index (χ4v) is 6.84. The van der Waals surface area contributed by atoms with Crippen molar-refractivity contribution in [2.75, 3.05) is 99.7 Å². The second-order valence-corrected chi connectivity index (χ2v) is 17.6. The summed E-state index contributed by atoms with van der Waals surface area (Å²) < 4.78 is 37.6. The Kier molecular flexibility index (Phi) is 19.0. The van der Waals surface area contributed by atoms with E-state index in [0.29, 0.717) is 52.3 Å². The number of benzene rings is 5. The largest absolute Gasteiger partial charge is 0.756 e. The topological polar surface area (TPSA) is 244 Å². The van der Waals surface area contributed by atoms with Crippen molar-refractivity contribution in [3.8, 4) is 0 Å². The van der Waals surface area contributed by atoms with Gasteiger partial charge >= 0.3 is 24.2 Å². The molecule has 0 spiro atoms. The van der Waals surface area contributed by atoms with Gasteiger partial charge in [0.1, 0.15) is 33.0 Å². The highest BCUT2D eigenvalue weighted by molar-refractivity contribution is 7.45. The van der Waals surface area contributed by atoms with Crippen LogP contribution < -0.4 is 36.8 Å². The van der Waals surface area contributed by atoms with Crippen LogP contribution in [-0.4, -0.2) is 102 Å². The molecule has 6 N–H and O–H groups in total. The smallest absolute Gasteiger partial charge is 0.411 e. The van der Waals surface area contributed by atoms with Crippen molar-refractivity contribution in [3.05, 3.63) is 143 Å². The summed E-state index contributed by atoms with van der Waals surface area (Å²) in [5.74, 6) is -0.886. The Morgan fingerprint density at radius 1 is 0.515 bits per heavy atom. The summed E-state index contributed by atoms with van der Waals surface area (Å²) in [6, 6.07) is 33.3. The maximum Gasteiger partial charge on any atom is 0.411 e. The minimum atomic E-state index is -4.57. The van der Waals surface area contributed by atoms with E-state index in [9.17, 15) is 33.4 Å². The average Bonchev–Trinajstić information content (AvgIpc) is 3.28. The Morgan fingerprint density at radius 2 is 0.912 bits per heavy atom. The minimum absolute atomic E-state index is 0.0534. The maximum atomic E-state index is 12.9. The molecule has 68 heavy (non-hydrogen) atoms. The van der Waals surface area contributed by atoms with Gasteiger partial charge in [-0.25, -0.2) is 19.2 Å². The number of phosphoric acid groups is 1. The van der Waals surface area contributed by atoms with Gasteiger partial charge in [0.15, 0.2) is 0 Å². The van der Waals surface area contributed by atoms with Gasteiger partial charge in [0.05, 0.1) is 33.3 Å². The van der Waals surface area contributed by atoms with E-state index >= 15 is 0 Å². The highest BCUT2D eigenvalue weighted by Gasteiger charge is 2.16. The van der Waals surface area contributed by atoms with Crippen LogP contribution in [0.15, 0.2) is 115 Å². The van der Waals surface area contributed by atoms with E-state index < -0.39 is 38.6 Å². The number of nitrogens with one attached hydrogen (secondary N) is 6. The predicted molar refractivity (Wildman–Crippen MR) is 257 cm³/mol. The van der Waals surface area contributed by atoms with E-state index in [-0.39, 0.29) is 37.9 Å². The zero-order chi connectivity index (χ0) is 49.1. The first-order valence-electron chi connectivity index (χ1n) is 21.4. The van der Waals surface area contributed by atoms with E-state index in [1.807, 2.05) is 81.8 Å². The summed E-state index contributed by atoms with van der Waals surface area (Å²) >= 11 is 0. The van der Waals surface area contributed by atoms with Gasteiger partial charge in [0.25, 0.3) is 7.82 Å². The van der Waals surface area contributed by atoms with Crippen molar-refractivity contribution in [1.82, 2.24) is 0 Å². The number of rotatable bonds is 22. The molecule has 0 radical (unpaired) electrons. The number of carbonyl (C=O) groups excluding carboxylic acids is 5. The zero-order valence-electron chi connectivity index (χ0n) is 38.4. The third-order valence-corrected chi connectivity index (χ3v) is 10.5. The first-order valence-corrected chi connectivity index (χ1v) is 22.9. The van der Waals surface area contributed by atoms with Crippen molar-refractivity contribution in [2.24, 2.45) is 0 Å². The van der Waals surface area contributed by atoms with Crippen LogP contribution in [0.4, 0.5) is 48.5 Å². The van der Waals surface area contributed by atoms with Crippen LogP contribution in [0.25, 0.3) is 0 Å².